The summed E-state index contributed by atoms with van der Waals surface area (Å²) < 4.78 is 5.52. The molecule has 1 aromatic heterocycles. The van der Waals surface area contributed by atoms with Crippen LogP contribution in [0.5, 0.6) is 5.88 Å². The number of hydrogen-bond acceptors (Lipinski definition) is 6. The van der Waals surface area contributed by atoms with Gasteiger partial charge in [0, 0.05) is 19.1 Å². The summed E-state index contributed by atoms with van der Waals surface area (Å²) in [6, 6.07) is 0.464. The lowest BCUT2D eigenvalue weighted by Crippen LogP contribution is -2.40. The van der Waals surface area contributed by atoms with E-state index < -0.39 is 0 Å². The van der Waals surface area contributed by atoms with Crippen molar-refractivity contribution in [2.24, 2.45) is 0 Å². The minimum absolute atomic E-state index is 0.111. The SMILES string of the molecule is CCOc1ncnc(N(CCO)CC2CCCN2)c1C. The van der Waals surface area contributed by atoms with Crippen LogP contribution in [0.25, 0.3) is 0 Å². The van der Waals surface area contributed by atoms with Crippen molar-refractivity contribution in [3.8, 4) is 5.88 Å². The van der Waals surface area contributed by atoms with Crippen molar-refractivity contribution < 1.29 is 9.84 Å². The molecule has 1 saturated heterocycles. The molecule has 6 heteroatoms. The van der Waals surface area contributed by atoms with Gasteiger partial charge in [-0.05, 0) is 33.2 Å². The van der Waals surface area contributed by atoms with E-state index in [1.807, 2.05) is 13.8 Å². The highest BCUT2D eigenvalue weighted by Gasteiger charge is 2.21. The van der Waals surface area contributed by atoms with Crippen molar-refractivity contribution in [2.75, 3.05) is 37.7 Å². The molecule has 0 saturated carbocycles. The van der Waals surface area contributed by atoms with Gasteiger partial charge in [0.1, 0.15) is 12.1 Å². The van der Waals surface area contributed by atoms with Gasteiger partial charge in [-0.1, -0.05) is 0 Å². The van der Waals surface area contributed by atoms with Gasteiger partial charge < -0.3 is 20.1 Å². The van der Waals surface area contributed by atoms with Gasteiger partial charge >= 0.3 is 0 Å². The number of anilines is 1. The first kappa shape index (κ1) is 15.0. The molecule has 1 aliphatic rings. The number of aliphatic hydroxyl groups excluding tert-OH is 1. The van der Waals surface area contributed by atoms with Crippen LogP contribution in [0.1, 0.15) is 25.3 Å². The zero-order valence-electron chi connectivity index (χ0n) is 12.3. The number of aromatic nitrogens is 2. The lowest BCUT2D eigenvalue weighted by atomic mass is 10.2. The largest absolute Gasteiger partial charge is 0.478 e. The molecule has 1 atom stereocenters. The fraction of sp³-hybridized carbons (Fsp3) is 0.714. The molecule has 1 aromatic rings. The molecule has 0 amide bonds. The van der Waals surface area contributed by atoms with Gasteiger partial charge in [-0.25, -0.2) is 9.97 Å². The van der Waals surface area contributed by atoms with Gasteiger partial charge in [-0.2, -0.15) is 0 Å². The van der Waals surface area contributed by atoms with Crippen LogP contribution in [-0.2, 0) is 0 Å². The molecule has 20 heavy (non-hydrogen) atoms. The van der Waals surface area contributed by atoms with E-state index in [1.54, 1.807) is 0 Å². The Kier molecular flexibility index (Phi) is 5.55. The van der Waals surface area contributed by atoms with E-state index in [0.29, 0.717) is 25.1 Å². The normalized spacial score (nSPS) is 18.2. The third-order valence-electron chi connectivity index (χ3n) is 3.56. The Morgan fingerprint density at radius 3 is 3.00 bits per heavy atom. The second-order valence-electron chi connectivity index (χ2n) is 5.02. The van der Waals surface area contributed by atoms with Crippen LogP contribution in [-0.4, -0.2) is 54.0 Å². The zero-order valence-corrected chi connectivity index (χ0v) is 12.3. The smallest absolute Gasteiger partial charge is 0.221 e. The highest BCUT2D eigenvalue weighted by Crippen LogP contribution is 2.24. The van der Waals surface area contributed by atoms with E-state index in [-0.39, 0.29) is 6.61 Å². The van der Waals surface area contributed by atoms with E-state index in [9.17, 15) is 5.11 Å². The van der Waals surface area contributed by atoms with E-state index in [1.165, 1.54) is 19.2 Å². The van der Waals surface area contributed by atoms with E-state index >= 15 is 0 Å². The fourth-order valence-corrected chi connectivity index (χ4v) is 2.61. The third-order valence-corrected chi connectivity index (χ3v) is 3.56. The molecule has 0 spiro atoms. The summed E-state index contributed by atoms with van der Waals surface area (Å²) in [7, 11) is 0. The summed E-state index contributed by atoms with van der Waals surface area (Å²) in [5.74, 6) is 1.48. The molecular formula is C14H24N4O2. The number of ether oxygens (including phenoxy) is 1. The second-order valence-corrected chi connectivity index (χ2v) is 5.02. The Morgan fingerprint density at radius 1 is 1.50 bits per heavy atom. The van der Waals surface area contributed by atoms with E-state index in [0.717, 1.165) is 24.5 Å². The Labute approximate surface area is 120 Å². The Balaban J connectivity index is 2.16. The molecular weight excluding hydrogens is 256 g/mol. The molecule has 2 rings (SSSR count). The van der Waals surface area contributed by atoms with Crippen LogP contribution in [0.4, 0.5) is 5.82 Å². The van der Waals surface area contributed by atoms with Crippen molar-refractivity contribution in [1.29, 1.82) is 0 Å². The number of rotatable bonds is 7. The predicted molar refractivity (Wildman–Crippen MR) is 78.3 cm³/mol. The standard InChI is InChI=1S/C14H24N4O2/c1-3-20-14-11(2)13(16-10-17-14)18(7-8-19)9-12-5-4-6-15-12/h10,12,15,19H,3-9H2,1-2H3. The minimum atomic E-state index is 0.111. The lowest BCUT2D eigenvalue weighted by molar-refractivity contribution is 0.299. The molecule has 112 valence electrons. The summed E-state index contributed by atoms with van der Waals surface area (Å²) in [5, 5.41) is 12.8. The summed E-state index contributed by atoms with van der Waals surface area (Å²) >= 11 is 0. The lowest BCUT2D eigenvalue weighted by Gasteiger charge is -2.27. The number of nitrogens with zero attached hydrogens (tertiary/aromatic N) is 3. The first-order valence-electron chi connectivity index (χ1n) is 7.29. The van der Waals surface area contributed by atoms with Crippen LogP contribution >= 0.6 is 0 Å². The Hall–Kier alpha value is -1.40. The summed E-state index contributed by atoms with van der Waals surface area (Å²) in [4.78, 5) is 10.7. The van der Waals surface area contributed by atoms with Crippen molar-refractivity contribution in [2.45, 2.75) is 32.7 Å². The van der Waals surface area contributed by atoms with E-state index in [2.05, 4.69) is 20.2 Å². The van der Waals surface area contributed by atoms with Crippen molar-refractivity contribution >= 4 is 5.82 Å². The summed E-state index contributed by atoms with van der Waals surface area (Å²) in [6.07, 6.45) is 3.91. The third kappa shape index (κ3) is 3.58. The van der Waals surface area contributed by atoms with Crippen LogP contribution in [0.15, 0.2) is 6.33 Å². The zero-order chi connectivity index (χ0) is 14.4. The fourth-order valence-electron chi connectivity index (χ4n) is 2.61. The van der Waals surface area contributed by atoms with Crippen molar-refractivity contribution in [3.05, 3.63) is 11.9 Å². The first-order valence-corrected chi connectivity index (χ1v) is 7.29. The van der Waals surface area contributed by atoms with Gasteiger partial charge in [0.15, 0.2) is 0 Å². The Bertz CT molecular complexity index is 422. The quantitative estimate of drug-likeness (QED) is 0.767. The highest BCUT2D eigenvalue weighted by atomic mass is 16.5. The topological polar surface area (TPSA) is 70.5 Å². The molecule has 1 fully saturated rings. The van der Waals surface area contributed by atoms with Gasteiger partial charge in [-0.15, -0.1) is 0 Å². The van der Waals surface area contributed by atoms with Crippen LogP contribution in [0.2, 0.25) is 0 Å². The van der Waals surface area contributed by atoms with Gasteiger partial charge in [0.2, 0.25) is 5.88 Å². The molecule has 0 aromatic carbocycles. The van der Waals surface area contributed by atoms with Crippen LogP contribution in [0.3, 0.4) is 0 Å². The molecule has 2 N–H and O–H groups in total. The number of hydrogen-bond donors (Lipinski definition) is 2. The Morgan fingerprint density at radius 2 is 2.35 bits per heavy atom. The van der Waals surface area contributed by atoms with Gasteiger partial charge in [-0.3, -0.25) is 0 Å². The van der Waals surface area contributed by atoms with Crippen molar-refractivity contribution in [1.82, 2.24) is 15.3 Å². The molecule has 0 radical (unpaired) electrons. The molecule has 0 aliphatic carbocycles. The monoisotopic (exact) mass is 280 g/mol. The van der Waals surface area contributed by atoms with E-state index in [4.69, 9.17) is 4.74 Å². The summed E-state index contributed by atoms with van der Waals surface area (Å²) in [6.45, 7) is 7.10. The second kappa shape index (κ2) is 7.40. The number of aliphatic hydroxyl groups is 1. The van der Waals surface area contributed by atoms with Crippen LogP contribution < -0.4 is 15.0 Å². The van der Waals surface area contributed by atoms with Crippen molar-refractivity contribution in [3.63, 3.8) is 0 Å². The average Bonchev–Trinajstić information content (AvgIpc) is 2.94. The average molecular weight is 280 g/mol. The first-order chi connectivity index (χ1) is 9.76. The van der Waals surface area contributed by atoms with Gasteiger partial charge in [0.25, 0.3) is 0 Å². The number of nitrogens with one attached hydrogen (secondary N) is 1. The molecule has 6 nitrogen and oxygen atoms in total. The molecule has 0 bridgehead atoms. The van der Waals surface area contributed by atoms with Crippen LogP contribution in [0, 0.1) is 6.92 Å². The molecule has 1 unspecified atom stereocenters. The highest BCUT2D eigenvalue weighted by molar-refractivity contribution is 5.50. The molecule has 2 heterocycles. The molecule has 1 aliphatic heterocycles. The minimum Gasteiger partial charge on any atom is -0.478 e. The summed E-state index contributed by atoms with van der Waals surface area (Å²) in [5.41, 5.74) is 0.931. The maximum Gasteiger partial charge on any atom is 0.221 e. The maximum absolute atomic E-state index is 9.30. The van der Waals surface area contributed by atoms with Gasteiger partial charge in [0.05, 0.1) is 18.8 Å². The maximum atomic E-state index is 9.30. The predicted octanol–water partition coefficient (Wildman–Crippen LogP) is 0.734.